The summed E-state index contributed by atoms with van der Waals surface area (Å²) in [7, 11) is 1.58. The molecule has 0 bridgehead atoms. The summed E-state index contributed by atoms with van der Waals surface area (Å²) in [5.74, 6) is -0.0997. The highest BCUT2D eigenvalue weighted by molar-refractivity contribution is 5.81. The molecule has 0 aliphatic carbocycles. The molecule has 0 saturated carbocycles. The molecule has 3 aromatic carbocycles. The molecular formula is C24H23NO4. The molecule has 0 aromatic heterocycles. The van der Waals surface area contributed by atoms with Crippen LogP contribution < -0.4 is 10.1 Å². The molecule has 5 heteroatoms. The fraction of sp³-hybridized carbons (Fsp3) is 0.167. The highest BCUT2D eigenvalue weighted by atomic mass is 16.5. The average molecular weight is 389 g/mol. The topological polar surface area (TPSA) is 64.6 Å². The number of rotatable bonds is 8. The second-order valence-corrected chi connectivity index (χ2v) is 6.49. The Labute approximate surface area is 170 Å². The molecule has 0 spiro atoms. The molecule has 0 unspecified atom stereocenters. The van der Waals surface area contributed by atoms with Crippen LogP contribution >= 0.6 is 0 Å². The minimum absolute atomic E-state index is 0.120. The first-order chi connectivity index (χ1) is 14.2. The van der Waals surface area contributed by atoms with Crippen molar-refractivity contribution in [2.45, 2.75) is 13.0 Å². The Morgan fingerprint density at radius 1 is 0.828 bits per heavy atom. The Morgan fingerprint density at radius 2 is 1.48 bits per heavy atom. The third-order valence-corrected chi connectivity index (χ3v) is 4.44. The molecule has 148 valence electrons. The second kappa shape index (κ2) is 10.1. The van der Waals surface area contributed by atoms with Crippen molar-refractivity contribution >= 4 is 11.9 Å². The van der Waals surface area contributed by atoms with Gasteiger partial charge in [-0.3, -0.25) is 9.59 Å². The Balaban J connectivity index is 1.44. The van der Waals surface area contributed by atoms with Crippen LogP contribution in [0, 0.1) is 0 Å². The van der Waals surface area contributed by atoms with Gasteiger partial charge in [0, 0.05) is 12.1 Å². The van der Waals surface area contributed by atoms with Crippen molar-refractivity contribution in [2.75, 3.05) is 13.7 Å². The molecule has 0 aliphatic heterocycles. The van der Waals surface area contributed by atoms with Gasteiger partial charge >= 0.3 is 5.97 Å². The number of hydrogen-bond acceptors (Lipinski definition) is 4. The van der Waals surface area contributed by atoms with Crippen LogP contribution in [0.1, 0.15) is 11.1 Å². The first-order valence-corrected chi connectivity index (χ1v) is 9.34. The summed E-state index contributed by atoms with van der Waals surface area (Å²) in [6.07, 6.45) is 0.120. The summed E-state index contributed by atoms with van der Waals surface area (Å²) in [6.45, 7) is -0.00255. The van der Waals surface area contributed by atoms with Crippen molar-refractivity contribution in [1.82, 2.24) is 5.32 Å². The zero-order chi connectivity index (χ0) is 20.5. The number of methoxy groups -OCH3 is 1. The van der Waals surface area contributed by atoms with Gasteiger partial charge in [0.2, 0.25) is 0 Å². The highest BCUT2D eigenvalue weighted by Crippen LogP contribution is 2.19. The third kappa shape index (κ3) is 5.94. The van der Waals surface area contributed by atoms with Gasteiger partial charge in [-0.15, -0.1) is 0 Å². The van der Waals surface area contributed by atoms with Gasteiger partial charge in [-0.25, -0.2) is 0 Å². The third-order valence-electron chi connectivity index (χ3n) is 4.44. The van der Waals surface area contributed by atoms with Crippen molar-refractivity contribution in [1.29, 1.82) is 0 Å². The number of nitrogens with one attached hydrogen (secondary N) is 1. The van der Waals surface area contributed by atoms with E-state index in [1.165, 1.54) is 0 Å². The maximum absolute atomic E-state index is 12.0. The van der Waals surface area contributed by atoms with Crippen molar-refractivity contribution in [3.05, 3.63) is 90.0 Å². The summed E-state index contributed by atoms with van der Waals surface area (Å²) in [6, 6.07) is 25.2. The Morgan fingerprint density at radius 3 is 2.21 bits per heavy atom. The average Bonchev–Trinajstić information content (AvgIpc) is 2.77. The van der Waals surface area contributed by atoms with Gasteiger partial charge in [0.25, 0.3) is 5.91 Å². The van der Waals surface area contributed by atoms with Gasteiger partial charge in [0.05, 0.1) is 13.5 Å². The SMILES string of the molecule is COc1ccccc1CNC(=O)COC(=O)Cc1ccc(-c2ccccc2)cc1. The summed E-state index contributed by atoms with van der Waals surface area (Å²) in [4.78, 5) is 24.0. The Kier molecular flexibility index (Phi) is 7.00. The molecule has 0 fully saturated rings. The maximum atomic E-state index is 12.0. The van der Waals surface area contributed by atoms with Gasteiger partial charge in [-0.05, 0) is 22.8 Å². The fourth-order valence-corrected chi connectivity index (χ4v) is 2.90. The minimum Gasteiger partial charge on any atom is -0.496 e. The fourth-order valence-electron chi connectivity index (χ4n) is 2.90. The quantitative estimate of drug-likeness (QED) is 0.596. The van der Waals surface area contributed by atoms with E-state index in [0.29, 0.717) is 12.3 Å². The molecule has 29 heavy (non-hydrogen) atoms. The van der Waals surface area contributed by atoms with Gasteiger partial charge in [-0.2, -0.15) is 0 Å². The van der Waals surface area contributed by atoms with Crippen LogP contribution in [0.2, 0.25) is 0 Å². The van der Waals surface area contributed by atoms with Gasteiger partial charge in [0.1, 0.15) is 5.75 Å². The summed E-state index contributed by atoms with van der Waals surface area (Å²) in [5, 5.41) is 2.72. The monoisotopic (exact) mass is 389 g/mol. The Bertz CT molecular complexity index is 952. The van der Waals surface area contributed by atoms with Crippen LogP contribution in [0.15, 0.2) is 78.9 Å². The van der Waals surface area contributed by atoms with E-state index in [0.717, 1.165) is 22.3 Å². The van der Waals surface area contributed by atoms with E-state index in [-0.39, 0.29) is 18.9 Å². The lowest BCUT2D eigenvalue weighted by Crippen LogP contribution is -2.28. The van der Waals surface area contributed by atoms with Crippen LogP contribution in [0.25, 0.3) is 11.1 Å². The number of carbonyl (C=O) groups excluding carboxylic acids is 2. The normalized spacial score (nSPS) is 10.2. The molecular weight excluding hydrogens is 366 g/mol. The molecule has 0 radical (unpaired) electrons. The number of amides is 1. The first-order valence-electron chi connectivity index (χ1n) is 9.34. The van der Waals surface area contributed by atoms with Gasteiger partial charge < -0.3 is 14.8 Å². The predicted molar refractivity (Wildman–Crippen MR) is 111 cm³/mol. The number of esters is 1. The van der Waals surface area contributed by atoms with Gasteiger partial charge in [0.15, 0.2) is 6.61 Å². The molecule has 0 saturated heterocycles. The number of benzene rings is 3. The van der Waals surface area contributed by atoms with Crippen LogP contribution in [0.4, 0.5) is 0 Å². The van der Waals surface area contributed by atoms with E-state index < -0.39 is 5.97 Å². The number of hydrogen-bond donors (Lipinski definition) is 1. The molecule has 3 aromatic rings. The van der Waals surface area contributed by atoms with Crippen molar-refractivity contribution in [3.63, 3.8) is 0 Å². The number of para-hydroxylation sites is 1. The van der Waals surface area contributed by atoms with Crippen LogP contribution in [-0.2, 0) is 27.3 Å². The van der Waals surface area contributed by atoms with Crippen LogP contribution in [-0.4, -0.2) is 25.6 Å². The zero-order valence-corrected chi connectivity index (χ0v) is 16.3. The van der Waals surface area contributed by atoms with Crippen LogP contribution in [0.3, 0.4) is 0 Å². The maximum Gasteiger partial charge on any atom is 0.310 e. The van der Waals surface area contributed by atoms with Crippen LogP contribution in [0.5, 0.6) is 5.75 Å². The van der Waals surface area contributed by atoms with E-state index in [1.54, 1.807) is 7.11 Å². The first kappa shape index (κ1) is 20.1. The van der Waals surface area contributed by atoms with E-state index in [4.69, 9.17) is 9.47 Å². The predicted octanol–water partition coefficient (Wildman–Crippen LogP) is 3.76. The van der Waals surface area contributed by atoms with E-state index in [1.807, 2.05) is 78.9 Å². The standard InChI is InChI=1S/C24H23NO4/c1-28-22-10-6-5-9-21(22)16-25-23(26)17-29-24(27)15-18-11-13-20(14-12-18)19-7-3-2-4-8-19/h2-14H,15-17H2,1H3,(H,25,26). The van der Waals surface area contributed by atoms with Crippen molar-refractivity contribution in [3.8, 4) is 16.9 Å². The summed E-state index contributed by atoms with van der Waals surface area (Å²) >= 11 is 0. The molecule has 0 aliphatic rings. The Hall–Kier alpha value is -3.60. The van der Waals surface area contributed by atoms with Crippen molar-refractivity contribution in [2.24, 2.45) is 0 Å². The number of ether oxygens (including phenoxy) is 2. The minimum atomic E-state index is -0.440. The van der Waals surface area contributed by atoms with Crippen molar-refractivity contribution < 1.29 is 19.1 Å². The molecule has 3 rings (SSSR count). The molecule has 0 atom stereocenters. The summed E-state index contributed by atoms with van der Waals surface area (Å²) < 4.78 is 10.3. The number of carbonyl (C=O) groups is 2. The molecule has 1 N–H and O–H groups in total. The molecule has 0 heterocycles. The van der Waals surface area contributed by atoms with E-state index in [9.17, 15) is 9.59 Å². The smallest absolute Gasteiger partial charge is 0.310 e. The van der Waals surface area contributed by atoms with Gasteiger partial charge in [-0.1, -0.05) is 72.8 Å². The highest BCUT2D eigenvalue weighted by Gasteiger charge is 2.10. The lowest BCUT2D eigenvalue weighted by Gasteiger charge is -2.10. The molecule has 1 amide bonds. The lowest BCUT2D eigenvalue weighted by molar-refractivity contribution is -0.147. The van der Waals surface area contributed by atoms with E-state index >= 15 is 0 Å². The molecule has 5 nitrogen and oxygen atoms in total. The zero-order valence-electron chi connectivity index (χ0n) is 16.3. The summed E-state index contributed by atoms with van der Waals surface area (Å²) in [5.41, 5.74) is 3.89. The largest absolute Gasteiger partial charge is 0.496 e. The lowest BCUT2D eigenvalue weighted by atomic mass is 10.0. The second-order valence-electron chi connectivity index (χ2n) is 6.49. The van der Waals surface area contributed by atoms with E-state index in [2.05, 4.69) is 5.32 Å².